The number of benzene rings is 5. The number of ether oxygens (including phenoxy) is 2. The van der Waals surface area contributed by atoms with Gasteiger partial charge < -0.3 is 23.2 Å². The van der Waals surface area contributed by atoms with Gasteiger partial charge in [-0.15, -0.1) is 0 Å². The Labute approximate surface area is 258 Å². The van der Waals surface area contributed by atoms with E-state index in [-0.39, 0.29) is 0 Å². The van der Waals surface area contributed by atoms with Gasteiger partial charge in [-0.3, -0.25) is 0 Å². The van der Waals surface area contributed by atoms with Crippen molar-refractivity contribution in [3.63, 3.8) is 0 Å². The Morgan fingerprint density at radius 3 is 1.33 bits per heavy atom. The monoisotopic (exact) mass is 593 g/mol. The van der Waals surface area contributed by atoms with Crippen LogP contribution in [0.3, 0.4) is 0 Å². The van der Waals surface area contributed by atoms with Crippen molar-refractivity contribution < 1.29 is 18.3 Å². The lowest BCUT2D eigenvalue weighted by atomic mass is 10.0. The molecule has 0 radical (unpaired) electrons. The summed E-state index contributed by atoms with van der Waals surface area (Å²) in [6.07, 6.45) is 0. The van der Waals surface area contributed by atoms with Gasteiger partial charge in [-0.25, -0.2) is 9.59 Å². The third kappa shape index (κ3) is 5.32. The van der Waals surface area contributed by atoms with Crippen LogP contribution in [-0.4, -0.2) is 14.2 Å². The Balaban J connectivity index is 1.24. The highest BCUT2D eigenvalue weighted by Gasteiger charge is 2.16. The minimum Gasteiger partial charge on any atom is -0.497 e. The number of para-hydroxylation sites is 1. The summed E-state index contributed by atoms with van der Waals surface area (Å²) in [6.45, 7) is 0. The first-order chi connectivity index (χ1) is 22.0. The largest absolute Gasteiger partial charge is 0.497 e. The van der Waals surface area contributed by atoms with Gasteiger partial charge in [0.05, 0.1) is 25.3 Å². The fraction of sp³-hybridized carbons (Fsp3) is 0.0526. The number of fused-ring (bicyclic) bond motifs is 2. The first-order valence-corrected chi connectivity index (χ1v) is 14.3. The second-order valence-electron chi connectivity index (χ2n) is 10.5. The van der Waals surface area contributed by atoms with Crippen LogP contribution >= 0.6 is 0 Å². The first kappa shape index (κ1) is 27.7. The summed E-state index contributed by atoms with van der Waals surface area (Å²) in [5, 5.41) is 1.61. The van der Waals surface area contributed by atoms with Gasteiger partial charge in [0.15, 0.2) is 0 Å². The molecule has 0 aliphatic heterocycles. The van der Waals surface area contributed by atoms with Crippen molar-refractivity contribution in [1.29, 1.82) is 0 Å². The van der Waals surface area contributed by atoms with E-state index in [4.69, 9.17) is 18.3 Å². The molecular weight excluding hydrogens is 566 g/mol. The standard InChI is InChI=1S/C38H27NO6/c1-42-31-18-12-26-20-33(37(40)44-35(26)22-31)24-8-14-29(15-9-24)39(28-6-4-3-5-7-28)30-16-10-25(11-17-30)34-21-27-13-19-32(43-2)23-36(27)45-38(34)41/h3-23H,1-2H3. The lowest BCUT2D eigenvalue weighted by Gasteiger charge is -2.25. The van der Waals surface area contributed by atoms with E-state index in [1.165, 1.54) is 0 Å². The van der Waals surface area contributed by atoms with E-state index in [1.807, 2.05) is 115 Å². The predicted octanol–water partition coefficient (Wildman–Crippen LogP) is 8.72. The van der Waals surface area contributed by atoms with Gasteiger partial charge in [0.25, 0.3) is 0 Å². The minimum absolute atomic E-state index is 0.420. The zero-order chi connectivity index (χ0) is 30.9. The van der Waals surface area contributed by atoms with Crippen LogP contribution in [0, 0.1) is 0 Å². The molecule has 0 N–H and O–H groups in total. The van der Waals surface area contributed by atoms with E-state index in [1.54, 1.807) is 26.4 Å². The summed E-state index contributed by atoms with van der Waals surface area (Å²) >= 11 is 0. The molecule has 0 saturated heterocycles. The molecule has 45 heavy (non-hydrogen) atoms. The fourth-order valence-electron chi connectivity index (χ4n) is 5.44. The molecular formula is C38H27NO6. The van der Waals surface area contributed by atoms with E-state index >= 15 is 0 Å². The SMILES string of the molecule is COc1ccc2cc(-c3ccc(N(c4ccccc4)c4ccc(-c5cc6ccc(OC)cc6oc5=O)cc4)cc3)c(=O)oc2c1. The van der Waals surface area contributed by atoms with E-state index in [0.29, 0.717) is 33.8 Å². The Kier molecular flexibility index (Phi) is 7.11. The Hall–Kier alpha value is -6.08. The van der Waals surface area contributed by atoms with Gasteiger partial charge >= 0.3 is 11.3 Å². The van der Waals surface area contributed by atoms with Crippen molar-refractivity contribution in [3.05, 3.63) is 148 Å². The van der Waals surface area contributed by atoms with E-state index in [9.17, 15) is 9.59 Å². The molecule has 0 saturated carbocycles. The maximum absolute atomic E-state index is 12.9. The summed E-state index contributed by atoms with van der Waals surface area (Å²) in [4.78, 5) is 27.9. The van der Waals surface area contributed by atoms with Crippen LogP contribution < -0.4 is 25.6 Å². The van der Waals surface area contributed by atoms with E-state index < -0.39 is 11.3 Å². The summed E-state index contributed by atoms with van der Waals surface area (Å²) < 4.78 is 21.7. The molecule has 0 atom stereocenters. The van der Waals surface area contributed by atoms with Gasteiger partial charge in [-0.05, 0) is 83.9 Å². The Morgan fingerprint density at radius 1 is 0.489 bits per heavy atom. The zero-order valence-corrected chi connectivity index (χ0v) is 24.5. The van der Waals surface area contributed by atoms with Crippen molar-refractivity contribution in [3.8, 4) is 33.8 Å². The minimum atomic E-state index is -0.420. The predicted molar refractivity (Wildman–Crippen MR) is 177 cm³/mol. The molecule has 2 aromatic heterocycles. The lowest BCUT2D eigenvalue weighted by Crippen LogP contribution is -2.10. The molecule has 0 aliphatic rings. The third-order valence-corrected chi connectivity index (χ3v) is 7.77. The Bertz CT molecular complexity index is 2130. The number of anilines is 3. The quantitative estimate of drug-likeness (QED) is 0.171. The summed E-state index contributed by atoms with van der Waals surface area (Å²) in [7, 11) is 3.15. The molecule has 220 valence electrons. The third-order valence-electron chi connectivity index (χ3n) is 7.77. The number of nitrogens with zero attached hydrogens (tertiary/aromatic N) is 1. The van der Waals surface area contributed by atoms with Gasteiger partial charge in [0, 0.05) is 40.0 Å². The highest BCUT2D eigenvalue weighted by Crippen LogP contribution is 2.36. The van der Waals surface area contributed by atoms with Gasteiger partial charge in [-0.2, -0.15) is 0 Å². The zero-order valence-electron chi connectivity index (χ0n) is 24.5. The average molecular weight is 594 g/mol. The van der Waals surface area contributed by atoms with Gasteiger partial charge in [-0.1, -0.05) is 42.5 Å². The molecule has 0 amide bonds. The summed E-state index contributed by atoms with van der Waals surface area (Å²) in [5.74, 6) is 1.25. The maximum Gasteiger partial charge on any atom is 0.344 e. The van der Waals surface area contributed by atoms with Crippen LogP contribution in [-0.2, 0) is 0 Å². The fourth-order valence-corrected chi connectivity index (χ4v) is 5.44. The number of hydrogen-bond acceptors (Lipinski definition) is 7. The molecule has 0 aliphatic carbocycles. The molecule has 7 aromatic rings. The molecule has 2 heterocycles. The number of hydrogen-bond donors (Lipinski definition) is 0. The first-order valence-electron chi connectivity index (χ1n) is 14.3. The van der Waals surface area contributed by atoms with E-state index in [0.717, 1.165) is 39.0 Å². The molecule has 0 fully saturated rings. The summed E-state index contributed by atoms with van der Waals surface area (Å²) in [5.41, 5.74) is 5.29. The molecule has 7 rings (SSSR count). The maximum atomic E-state index is 12.9. The highest BCUT2D eigenvalue weighted by atomic mass is 16.5. The normalized spacial score (nSPS) is 11.1. The van der Waals surface area contributed by atoms with Crippen molar-refractivity contribution >= 4 is 39.0 Å². The topological polar surface area (TPSA) is 82.1 Å². The van der Waals surface area contributed by atoms with Crippen molar-refractivity contribution in [2.75, 3.05) is 19.1 Å². The second-order valence-corrected chi connectivity index (χ2v) is 10.5. The van der Waals surface area contributed by atoms with Crippen LogP contribution in [0.4, 0.5) is 17.1 Å². The Morgan fingerprint density at radius 2 is 0.911 bits per heavy atom. The van der Waals surface area contributed by atoms with E-state index in [2.05, 4.69) is 4.90 Å². The lowest BCUT2D eigenvalue weighted by molar-refractivity contribution is 0.414. The number of methoxy groups -OCH3 is 2. The molecule has 7 heteroatoms. The second kappa shape index (κ2) is 11.5. The van der Waals surface area contributed by atoms with Gasteiger partial charge in [0.1, 0.15) is 22.7 Å². The van der Waals surface area contributed by atoms with Crippen LogP contribution in [0.15, 0.2) is 146 Å². The number of rotatable bonds is 7. The van der Waals surface area contributed by atoms with Crippen LogP contribution in [0.25, 0.3) is 44.2 Å². The van der Waals surface area contributed by atoms with Crippen LogP contribution in [0.5, 0.6) is 11.5 Å². The molecule has 0 spiro atoms. The van der Waals surface area contributed by atoms with Crippen molar-refractivity contribution in [2.24, 2.45) is 0 Å². The smallest absolute Gasteiger partial charge is 0.344 e. The average Bonchev–Trinajstić information content (AvgIpc) is 3.08. The van der Waals surface area contributed by atoms with Crippen molar-refractivity contribution in [1.82, 2.24) is 0 Å². The van der Waals surface area contributed by atoms with Crippen LogP contribution in [0.1, 0.15) is 0 Å². The van der Waals surface area contributed by atoms with Gasteiger partial charge in [0.2, 0.25) is 0 Å². The van der Waals surface area contributed by atoms with Crippen LogP contribution in [0.2, 0.25) is 0 Å². The summed E-state index contributed by atoms with van der Waals surface area (Å²) in [6, 6.07) is 40.0. The van der Waals surface area contributed by atoms with Crippen molar-refractivity contribution in [2.45, 2.75) is 0 Å². The molecule has 0 unspecified atom stereocenters. The molecule has 5 aromatic carbocycles. The molecule has 7 nitrogen and oxygen atoms in total. The highest BCUT2D eigenvalue weighted by molar-refractivity contribution is 5.85. The molecule has 0 bridgehead atoms.